The van der Waals surface area contributed by atoms with E-state index in [9.17, 15) is 9.50 Å². The lowest BCUT2D eigenvalue weighted by molar-refractivity contribution is 0.466. The van der Waals surface area contributed by atoms with E-state index in [0.29, 0.717) is 24.1 Å². The topological polar surface area (TPSA) is 46.2 Å². The van der Waals surface area contributed by atoms with Crippen LogP contribution in [0.5, 0.6) is 5.75 Å². The van der Waals surface area contributed by atoms with Crippen LogP contribution in [0.2, 0.25) is 0 Å². The van der Waals surface area contributed by atoms with E-state index in [4.69, 9.17) is 5.73 Å². The van der Waals surface area contributed by atoms with E-state index in [0.717, 1.165) is 12.8 Å². The molecule has 1 aromatic rings. The number of hydrogen-bond donors (Lipinski definition) is 2. The largest absolute Gasteiger partial charge is 0.508 e. The summed E-state index contributed by atoms with van der Waals surface area (Å²) in [7, 11) is 0. The summed E-state index contributed by atoms with van der Waals surface area (Å²) in [6.45, 7) is 2.31. The third-order valence-electron chi connectivity index (χ3n) is 2.27. The fraction of sp³-hybridized carbons (Fsp3) is 0.455. The monoisotopic (exact) mass is 197 g/mol. The number of hydrogen-bond acceptors (Lipinski definition) is 2. The van der Waals surface area contributed by atoms with Crippen LogP contribution in [0, 0.1) is 12.7 Å². The number of phenolic OH excluding ortho intramolecular Hbond substituents is 1. The summed E-state index contributed by atoms with van der Waals surface area (Å²) in [4.78, 5) is 0. The predicted molar refractivity (Wildman–Crippen MR) is 54.8 cm³/mol. The Balaban J connectivity index is 2.72. The molecule has 1 aromatic carbocycles. The van der Waals surface area contributed by atoms with Gasteiger partial charge in [0.05, 0.1) is 0 Å². The molecule has 0 aliphatic rings. The predicted octanol–water partition coefficient (Wildman–Crippen LogP) is 2.12. The normalized spacial score (nSPS) is 10.5. The molecule has 0 aromatic heterocycles. The zero-order chi connectivity index (χ0) is 10.6. The maximum atomic E-state index is 13.3. The average Bonchev–Trinajstić information content (AvgIpc) is 2.14. The molecule has 0 aliphatic carbocycles. The molecule has 0 spiro atoms. The molecule has 0 fully saturated rings. The van der Waals surface area contributed by atoms with Gasteiger partial charge < -0.3 is 10.8 Å². The van der Waals surface area contributed by atoms with Crippen molar-refractivity contribution in [1.82, 2.24) is 0 Å². The Labute approximate surface area is 83.6 Å². The minimum absolute atomic E-state index is 0.161. The second kappa shape index (κ2) is 4.96. The number of aryl methyl sites for hydroxylation is 2. The lowest BCUT2D eigenvalue weighted by atomic mass is 10.0. The summed E-state index contributed by atoms with van der Waals surface area (Å²) in [5.41, 5.74) is 6.49. The van der Waals surface area contributed by atoms with Gasteiger partial charge in [0.1, 0.15) is 11.6 Å². The molecule has 1 rings (SSSR count). The van der Waals surface area contributed by atoms with Gasteiger partial charge in [0, 0.05) is 0 Å². The number of unbranched alkanes of at least 4 members (excludes halogenated alkanes) is 1. The zero-order valence-electron chi connectivity index (χ0n) is 8.39. The van der Waals surface area contributed by atoms with Gasteiger partial charge in [0.15, 0.2) is 0 Å². The van der Waals surface area contributed by atoms with Gasteiger partial charge in [-0.15, -0.1) is 0 Å². The summed E-state index contributed by atoms with van der Waals surface area (Å²) in [6.07, 6.45) is 2.38. The third-order valence-corrected chi connectivity index (χ3v) is 2.27. The number of nitrogens with two attached hydrogens (primary N) is 1. The molecule has 0 bridgehead atoms. The van der Waals surface area contributed by atoms with Gasteiger partial charge in [-0.1, -0.05) is 0 Å². The van der Waals surface area contributed by atoms with Crippen LogP contribution in [-0.4, -0.2) is 11.7 Å². The van der Waals surface area contributed by atoms with E-state index in [1.807, 2.05) is 0 Å². The number of phenols is 1. The molecular formula is C11H16FNO. The Morgan fingerprint density at radius 1 is 1.36 bits per heavy atom. The van der Waals surface area contributed by atoms with Crippen LogP contribution in [0.15, 0.2) is 12.1 Å². The minimum atomic E-state index is -0.239. The average molecular weight is 197 g/mol. The Morgan fingerprint density at radius 2 is 2.07 bits per heavy atom. The SMILES string of the molecule is Cc1cc(F)c(CCCCN)cc1O. The smallest absolute Gasteiger partial charge is 0.126 e. The van der Waals surface area contributed by atoms with E-state index < -0.39 is 0 Å². The van der Waals surface area contributed by atoms with Gasteiger partial charge in [-0.05, 0) is 56.0 Å². The third kappa shape index (κ3) is 2.70. The maximum Gasteiger partial charge on any atom is 0.126 e. The second-order valence-corrected chi connectivity index (χ2v) is 3.48. The fourth-order valence-corrected chi connectivity index (χ4v) is 1.36. The second-order valence-electron chi connectivity index (χ2n) is 3.48. The highest BCUT2D eigenvalue weighted by atomic mass is 19.1. The Bertz CT molecular complexity index is 312. The van der Waals surface area contributed by atoms with Crippen molar-refractivity contribution in [3.05, 3.63) is 29.1 Å². The number of halogens is 1. The number of aromatic hydroxyl groups is 1. The summed E-state index contributed by atoms with van der Waals surface area (Å²) in [6, 6.07) is 2.87. The molecule has 0 saturated carbocycles. The van der Waals surface area contributed by atoms with Crippen LogP contribution in [0.25, 0.3) is 0 Å². The zero-order valence-corrected chi connectivity index (χ0v) is 8.39. The summed E-state index contributed by atoms with van der Waals surface area (Å²) in [5, 5.41) is 9.39. The first-order chi connectivity index (χ1) is 6.65. The van der Waals surface area contributed by atoms with E-state index in [1.54, 1.807) is 6.92 Å². The highest BCUT2D eigenvalue weighted by Gasteiger charge is 2.05. The van der Waals surface area contributed by atoms with Gasteiger partial charge in [0.25, 0.3) is 0 Å². The van der Waals surface area contributed by atoms with Crippen LogP contribution in [0.4, 0.5) is 4.39 Å². The molecule has 0 unspecified atom stereocenters. The van der Waals surface area contributed by atoms with Crippen molar-refractivity contribution in [3.8, 4) is 5.75 Å². The standard InChI is InChI=1S/C11H16FNO/c1-8-6-10(12)9(7-11(8)14)4-2-3-5-13/h6-7,14H,2-5,13H2,1H3. The van der Waals surface area contributed by atoms with Crippen LogP contribution in [0.3, 0.4) is 0 Å². The number of rotatable bonds is 4. The number of benzene rings is 1. The van der Waals surface area contributed by atoms with Crippen molar-refractivity contribution in [1.29, 1.82) is 0 Å². The van der Waals surface area contributed by atoms with Crippen LogP contribution < -0.4 is 5.73 Å². The van der Waals surface area contributed by atoms with Gasteiger partial charge in [-0.3, -0.25) is 0 Å². The lowest BCUT2D eigenvalue weighted by Gasteiger charge is -2.05. The maximum absolute atomic E-state index is 13.3. The molecule has 0 atom stereocenters. The summed E-state index contributed by atoms with van der Waals surface area (Å²) >= 11 is 0. The van der Waals surface area contributed by atoms with E-state index in [1.165, 1.54) is 12.1 Å². The van der Waals surface area contributed by atoms with Gasteiger partial charge in [-0.25, -0.2) is 4.39 Å². The summed E-state index contributed by atoms with van der Waals surface area (Å²) < 4.78 is 13.3. The molecule has 2 nitrogen and oxygen atoms in total. The quantitative estimate of drug-likeness (QED) is 0.726. The highest BCUT2D eigenvalue weighted by molar-refractivity contribution is 5.36. The van der Waals surface area contributed by atoms with Gasteiger partial charge >= 0.3 is 0 Å². The Morgan fingerprint density at radius 3 is 2.71 bits per heavy atom. The fourth-order valence-electron chi connectivity index (χ4n) is 1.36. The Hall–Kier alpha value is -1.09. The molecular weight excluding hydrogens is 181 g/mol. The summed E-state index contributed by atoms with van der Waals surface area (Å²) in [5.74, 6) is -0.0773. The molecule has 0 amide bonds. The van der Waals surface area contributed by atoms with Crippen LogP contribution >= 0.6 is 0 Å². The van der Waals surface area contributed by atoms with Crippen molar-refractivity contribution >= 4 is 0 Å². The van der Waals surface area contributed by atoms with Gasteiger partial charge in [-0.2, -0.15) is 0 Å². The Kier molecular flexibility index (Phi) is 3.89. The van der Waals surface area contributed by atoms with Gasteiger partial charge in [0.2, 0.25) is 0 Å². The van der Waals surface area contributed by atoms with Crippen molar-refractivity contribution in [2.75, 3.05) is 6.54 Å². The first-order valence-corrected chi connectivity index (χ1v) is 4.83. The molecule has 3 heteroatoms. The molecule has 3 N–H and O–H groups in total. The van der Waals surface area contributed by atoms with Crippen molar-refractivity contribution in [3.63, 3.8) is 0 Å². The molecule has 0 heterocycles. The van der Waals surface area contributed by atoms with E-state index in [-0.39, 0.29) is 11.6 Å². The van der Waals surface area contributed by atoms with Crippen molar-refractivity contribution < 1.29 is 9.50 Å². The van der Waals surface area contributed by atoms with Crippen LogP contribution in [-0.2, 0) is 6.42 Å². The molecule has 78 valence electrons. The molecule has 14 heavy (non-hydrogen) atoms. The van der Waals surface area contributed by atoms with E-state index >= 15 is 0 Å². The minimum Gasteiger partial charge on any atom is -0.508 e. The lowest BCUT2D eigenvalue weighted by Crippen LogP contribution is -2.00. The molecule has 0 radical (unpaired) electrons. The first-order valence-electron chi connectivity index (χ1n) is 4.83. The highest BCUT2D eigenvalue weighted by Crippen LogP contribution is 2.21. The van der Waals surface area contributed by atoms with Crippen molar-refractivity contribution in [2.24, 2.45) is 5.73 Å². The molecule has 0 saturated heterocycles. The van der Waals surface area contributed by atoms with Crippen LogP contribution in [0.1, 0.15) is 24.0 Å². The van der Waals surface area contributed by atoms with E-state index in [2.05, 4.69) is 0 Å². The molecule has 0 aliphatic heterocycles. The van der Waals surface area contributed by atoms with Crippen molar-refractivity contribution in [2.45, 2.75) is 26.2 Å². The first kappa shape index (κ1) is 11.0.